The van der Waals surface area contributed by atoms with Gasteiger partial charge in [-0.3, -0.25) is 4.79 Å². The van der Waals surface area contributed by atoms with Gasteiger partial charge in [-0.25, -0.2) is 4.79 Å². The van der Waals surface area contributed by atoms with E-state index in [1.54, 1.807) is 0 Å². The van der Waals surface area contributed by atoms with Crippen molar-refractivity contribution in [3.63, 3.8) is 0 Å². The predicted molar refractivity (Wildman–Crippen MR) is 50.0 cm³/mol. The van der Waals surface area contributed by atoms with E-state index >= 15 is 0 Å². The van der Waals surface area contributed by atoms with Gasteiger partial charge in [-0.1, -0.05) is 20.3 Å². The second-order valence-corrected chi connectivity index (χ2v) is 3.75. The van der Waals surface area contributed by atoms with Crippen molar-refractivity contribution in [1.29, 1.82) is 0 Å². The SMILES string of the molecule is CCC(C)C(NC(=O)C(F)(F)C(F)(F)F)C(=O)O. The summed E-state index contributed by atoms with van der Waals surface area (Å²) in [7, 11) is 0. The van der Waals surface area contributed by atoms with Crippen LogP contribution in [0.3, 0.4) is 0 Å². The van der Waals surface area contributed by atoms with Crippen LogP contribution >= 0.6 is 0 Å². The molecule has 18 heavy (non-hydrogen) atoms. The molecule has 106 valence electrons. The van der Waals surface area contributed by atoms with Gasteiger partial charge in [0.2, 0.25) is 0 Å². The normalized spacial score (nSPS) is 15.9. The number of hydrogen-bond donors (Lipinski definition) is 2. The fourth-order valence-electron chi connectivity index (χ4n) is 1.04. The first kappa shape index (κ1) is 16.6. The van der Waals surface area contributed by atoms with Crippen molar-refractivity contribution in [1.82, 2.24) is 5.32 Å². The zero-order valence-electron chi connectivity index (χ0n) is 9.52. The molecule has 0 radical (unpaired) electrons. The summed E-state index contributed by atoms with van der Waals surface area (Å²) in [6.07, 6.45) is -5.87. The van der Waals surface area contributed by atoms with Crippen molar-refractivity contribution >= 4 is 11.9 Å². The maximum atomic E-state index is 12.6. The number of halogens is 5. The highest BCUT2D eigenvalue weighted by Gasteiger charge is 2.63. The smallest absolute Gasteiger partial charge is 0.463 e. The molecule has 0 aromatic carbocycles. The Bertz CT molecular complexity index is 329. The molecule has 1 amide bonds. The number of aliphatic carboxylic acids is 1. The second-order valence-electron chi connectivity index (χ2n) is 3.75. The van der Waals surface area contributed by atoms with Gasteiger partial charge in [0, 0.05) is 0 Å². The van der Waals surface area contributed by atoms with Crippen molar-refractivity contribution in [3.8, 4) is 0 Å². The van der Waals surface area contributed by atoms with Crippen LogP contribution in [0.2, 0.25) is 0 Å². The third kappa shape index (κ3) is 3.54. The van der Waals surface area contributed by atoms with Crippen LogP contribution in [-0.4, -0.2) is 35.1 Å². The summed E-state index contributed by atoms with van der Waals surface area (Å²) >= 11 is 0. The van der Waals surface area contributed by atoms with E-state index in [0.29, 0.717) is 0 Å². The maximum absolute atomic E-state index is 12.6. The molecule has 0 saturated heterocycles. The topological polar surface area (TPSA) is 66.4 Å². The van der Waals surface area contributed by atoms with Gasteiger partial charge in [-0.15, -0.1) is 0 Å². The Morgan fingerprint density at radius 2 is 1.67 bits per heavy atom. The van der Waals surface area contributed by atoms with E-state index < -0.39 is 35.9 Å². The number of nitrogens with one attached hydrogen (secondary N) is 1. The lowest BCUT2D eigenvalue weighted by Crippen LogP contribution is -2.56. The average Bonchev–Trinajstić information content (AvgIpc) is 2.22. The molecule has 0 rings (SSSR count). The average molecular weight is 277 g/mol. The van der Waals surface area contributed by atoms with Gasteiger partial charge in [0.15, 0.2) is 0 Å². The molecule has 2 unspecified atom stereocenters. The molecule has 0 bridgehead atoms. The van der Waals surface area contributed by atoms with Gasteiger partial charge in [-0.2, -0.15) is 22.0 Å². The Morgan fingerprint density at radius 1 is 1.22 bits per heavy atom. The minimum atomic E-state index is -6.06. The summed E-state index contributed by atoms with van der Waals surface area (Å²) in [6, 6.07) is -1.80. The summed E-state index contributed by atoms with van der Waals surface area (Å²) in [5, 5.41) is 9.86. The highest BCUT2D eigenvalue weighted by atomic mass is 19.4. The number of carbonyl (C=O) groups is 2. The van der Waals surface area contributed by atoms with Crippen LogP contribution in [-0.2, 0) is 9.59 Å². The molecule has 0 aliphatic carbocycles. The van der Waals surface area contributed by atoms with Crippen LogP contribution in [0.5, 0.6) is 0 Å². The minimum absolute atomic E-state index is 0.189. The van der Waals surface area contributed by atoms with Crippen molar-refractivity contribution in [2.75, 3.05) is 0 Å². The summed E-state index contributed by atoms with van der Waals surface area (Å²) in [5.74, 6) is -10.7. The number of carbonyl (C=O) groups excluding carboxylic acids is 1. The number of amides is 1. The van der Waals surface area contributed by atoms with E-state index in [9.17, 15) is 31.5 Å². The zero-order chi connectivity index (χ0) is 14.7. The zero-order valence-corrected chi connectivity index (χ0v) is 9.52. The largest absolute Gasteiger partial charge is 0.480 e. The molecule has 2 N–H and O–H groups in total. The van der Waals surface area contributed by atoms with Crippen LogP contribution in [0, 0.1) is 5.92 Å². The van der Waals surface area contributed by atoms with Crippen molar-refractivity contribution in [3.05, 3.63) is 0 Å². The number of carboxylic acid groups (broad SMARTS) is 1. The molecule has 0 fully saturated rings. The van der Waals surface area contributed by atoms with Gasteiger partial charge in [-0.05, 0) is 5.92 Å². The number of hydrogen-bond acceptors (Lipinski definition) is 2. The molecule has 0 aromatic rings. The highest BCUT2D eigenvalue weighted by Crippen LogP contribution is 2.35. The van der Waals surface area contributed by atoms with E-state index in [2.05, 4.69) is 0 Å². The van der Waals surface area contributed by atoms with E-state index in [-0.39, 0.29) is 6.42 Å². The molecule has 4 nitrogen and oxygen atoms in total. The van der Waals surface area contributed by atoms with Crippen LogP contribution in [0.25, 0.3) is 0 Å². The quantitative estimate of drug-likeness (QED) is 0.753. The fourth-order valence-corrected chi connectivity index (χ4v) is 1.04. The van der Waals surface area contributed by atoms with E-state index in [4.69, 9.17) is 5.11 Å². The lowest BCUT2D eigenvalue weighted by atomic mass is 9.99. The number of alkyl halides is 5. The van der Waals surface area contributed by atoms with Crippen LogP contribution < -0.4 is 5.32 Å². The third-order valence-corrected chi connectivity index (χ3v) is 2.41. The second kappa shape index (κ2) is 5.49. The molecule has 0 aliphatic heterocycles. The first-order valence-corrected chi connectivity index (χ1v) is 4.93. The molecular weight excluding hydrogens is 265 g/mol. The minimum Gasteiger partial charge on any atom is -0.480 e. The Hall–Kier alpha value is -1.41. The highest BCUT2D eigenvalue weighted by molar-refractivity contribution is 5.88. The maximum Gasteiger partial charge on any atom is 0.463 e. The summed E-state index contributed by atoms with van der Waals surface area (Å²) in [4.78, 5) is 21.5. The van der Waals surface area contributed by atoms with Gasteiger partial charge < -0.3 is 10.4 Å². The van der Waals surface area contributed by atoms with Crippen molar-refractivity contribution in [2.24, 2.45) is 5.92 Å². The molecule has 2 atom stereocenters. The standard InChI is InChI=1S/C9H12F5NO3/c1-3-4(2)5(6(16)17)15-7(18)8(10,11)9(12,13)14/h4-5H,3H2,1-2H3,(H,15,18)(H,16,17). The molecule has 0 aliphatic rings. The summed E-state index contributed by atoms with van der Waals surface area (Å²) in [5.41, 5.74) is 0. The van der Waals surface area contributed by atoms with Gasteiger partial charge in [0.1, 0.15) is 6.04 Å². The first-order chi connectivity index (χ1) is 7.95. The molecule has 0 spiro atoms. The summed E-state index contributed by atoms with van der Waals surface area (Å²) < 4.78 is 60.8. The van der Waals surface area contributed by atoms with E-state index in [1.807, 2.05) is 0 Å². The fraction of sp³-hybridized carbons (Fsp3) is 0.778. The lowest BCUT2D eigenvalue weighted by molar-refractivity contribution is -0.270. The van der Waals surface area contributed by atoms with Crippen molar-refractivity contribution < 1.29 is 36.6 Å². The monoisotopic (exact) mass is 277 g/mol. The van der Waals surface area contributed by atoms with Crippen LogP contribution in [0.4, 0.5) is 22.0 Å². The third-order valence-electron chi connectivity index (χ3n) is 2.41. The predicted octanol–water partition coefficient (Wildman–Crippen LogP) is 1.80. The molecule has 0 heterocycles. The first-order valence-electron chi connectivity index (χ1n) is 4.93. The number of rotatable bonds is 5. The van der Waals surface area contributed by atoms with E-state index in [0.717, 1.165) is 0 Å². The van der Waals surface area contributed by atoms with E-state index in [1.165, 1.54) is 19.2 Å². The van der Waals surface area contributed by atoms with Crippen molar-refractivity contribution in [2.45, 2.75) is 38.4 Å². The van der Waals surface area contributed by atoms with Crippen LogP contribution in [0.15, 0.2) is 0 Å². The Balaban J connectivity index is 4.98. The Kier molecular flexibility index (Phi) is 5.06. The lowest BCUT2D eigenvalue weighted by Gasteiger charge is -2.24. The molecular formula is C9H12F5NO3. The molecule has 9 heteroatoms. The Morgan fingerprint density at radius 3 is 1.94 bits per heavy atom. The molecule has 0 aromatic heterocycles. The Labute approximate surface area is 99.2 Å². The van der Waals surface area contributed by atoms with Gasteiger partial charge >= 0.3 is 24.0 Å². The summed E-state index contributed by atoms with van der Waals surface area (Å²) in [6.45, 7) is 2.82. The van der Waals surface area contributed by atoms with Gasteiger partial charge in [0.25, 0.3) is 0 Å². The van der Waals surface area contributed by atoms with Crippen LogP contribution in [0.1, 0.15) is 20.3 Å². The molecule has 0 saturated carbocycles. The number of carboxylic acids is 1. The van der Waals surface area contributed by atoms with Gasteiger partial charge in [0.05, 0.1) is 0 Å².